The van der Waals surface area contributed by atoms with Gasteiger partial charge in [-0.15, -0.1) is 0 Å². The van der Waals surface area contributed by atoms with Gasteiger partial charge >= 0.3 is 0 Å². The van der Waals surface area contributed by atoms with E-state index in [2.05, 4.69) is 4.98 Å². The third-order valence-electron chi connectivity index (χ3n) is 2.98. The Balaban J connectivity index is 2.26. The minimum Gasteiger partial charge on any atom is -0.369 e. The van der Waals surface area contributed by atoms with E-state index in [0.717, 1.165) is 5.56 Å². The number of aromatic nitrogens is 1. The third-order valence-corrected chi connectivity index (χ3v) is 2.98. The molecule has 0 aromatic carbocycles. The van der Waals surface area contributed by atoms with Crippen LogP contribution in [0.3, 0.4) is 0 Å². The molecule has 0 bridgehead atoms. The van der Waals surface area contributed by atoms with Crippen LogP contribution in [0.5, 0.6) is 0 Å². The van der Waals surface area contributed by atoms with Crippen molar-refractivity contribution in [3.8, 4) is 0 Å². The zero-order valence-corrected chi connectivity index (χ0v) is 8.96. The Bertz CT molecular complexity index is 418. The van der Waals surface area contributed by atoms with Gasteiger partial charge in [-0.2, -0.15) is 0 Å². The van der Waals surface area contributed by atoms with Gasteiger partial charge < -0.3 is 10.6 Å². The predicted octanol–water partition coefficient (Wildman–Crippen LogP) is 0.0863. The Labute approximate surface area is 93.3 Å². The second kappa shape index (κ2) is 3.92. The molecule has 2 rings (SSSR count). The van der Waals surface area contributed by atoms with Crippen molar-refractivity contribution in [2.24, 2.45) is 11.7 Å². The van der Waals surface area contributed by atoms with Crippen LogP contribution in [0.15, 0.2) is 24.5 Å². The molecule has 0 aliphatic carbocycles. The Morgan fingerprint density at radius 1 is 1.62 bits per heavy atom. The first-order valence-corrected chi connectivity index (χ1v) is 5.07. The zero-order chi connectivity index (χ0) is 11.7. The summed E-state index contributed by atoms with van der Waals surface area (Å²) < 4.78 is 0. The maximum absolute atomic E-state index is 11.7. The molecular weight excluding hydrogens is 206 g/mol. The lowest BCUT2D eigenvalue weighted by molar-refractivity contribution is -0.136. The molecule has 0 saturated carbocycles. The highest BCUT2D eigenvalue weighted by Gasteiger charge is 2.41. The number of primary amides is 1. The number of hydrogen-bond donors (Lipinski definition) is 1. The molecule has 1 aromatic rings. The molecule has 1 aliphatic rings. The monoisotopic (exact) mass is 219 g/mol. The number of nitrogens with zero attached hydrogens (tertiary/aromatic N) is 2. The second-order valence-corrected chi connectivity index (χ2v) is 3.94. The van der Waals surface area contributed by atoms with Crippen LogP contribution in [0, 0.1) is 5.92 Å². The van der Waals surface area contributed by atoms with E-state index < -0.39 is 11.8 Å². The summed E-state index contributed by atoms with van der Waals surface area (Å²) in [7, 11) is 1.68. The molecule has 84 valence electrons. The van der Waals surface area contributed by atoms with Crippen molar-refractivity contribution >= 4 is 11.8 Å². The first-order valence-electron chi connectivity index (χ1n) is 5.07. The van der Waals surface area contributed by atoms with Crippen molar-refractivity contribution in [2.75, 3.05) is 7.05 Å². The molecule has 5 nitrogen and oxygen atoms in total. The molecule has 1 fully saturated rings. The molecule has 1 saturated heterocycles. The predicted molar refractivity (Wildman–Crippen MR) is 57.0 cm³/mol. The smallest absolute Gasteiger partial charge is 0.235 e. The number of nitrogens with two attached hydrogens (primary N) is 1. The standard InChI is InChI=1S/C11H13N3O2/c1-14-9(7-3-2-4-13-6-7)5-8(10(12)15)11(14)16/h2-4,6,8-9H,5H2,1H3,(H2,12,15)/t8-,9-/m1/s1. The van der Waals surface area contributed by atoms with Crippen molar-refractivity contribution in [3.05, 3.63) is 30.1 Å². The van der Waals surface area contributed by atoms with E-state index in [0.29, 0.717) is 6.42 Å². The lowest BCUT2D eigenvalue weighted by Crippen LogP contribution is -2.31. The molecule has 1 aromatic heterocycles. The average molecular weight is 219 g/mol. The normalized spacial score (nSPS) is 24.8. The van der Waals surface area contributed by atoms with Gasteiger partial charge in [0.25, 0.3) is 0 Å². The maximum atomic E-state index is 11.7. The van der Waals surface area contributed by atoms with Crippen LogP contribution < -0.4 is 5.73 Å². The number of likely N-dealkylation sites (tertiary alicyclic amines) is 1. The molecule has 5 heteroatoms. The summed E-state index contributed by atoms with van der Waals surface area (Å²) in [6.45, 7) is 0. The van der Waals surface area contributed by atoms with E-state index in [-0.39, 0.29) is 11.9 Å². The first kappa shape index (κ1) is 10.6. The van der Waals surface area contributed by atoms with Crippen LogP contribution in [0.2, 0.25) is 0 Å². The average Bonchev–Trinajstić information content (AvgIpc) is 2.58. The van der Waals surface area contributed by atoms with Crippen molar-refractivity contribution in [1.29, 1.82) is 0 Å². The highest BCUT2D eigenvalue weighted by Crippen LogP contribution is 2.34. The molecule has 0 spiro atoms. The summed E-state index contributed by atoms with van der Waals surface area (Å²) >= 11 is 0. The van der Waals surface area contributed by atoms with Crippen LogP contribution in [-0.2, 0) is 9.59 Å². The Morgan fingerprint density at radius 2 is 2.38 bits per heavy atom. The second-order valence-electron chi connectivity index (χ2n) is 3.94. The van der Waals surface area contributed by atoms with Gasteiger partial charge in [0, 0.05) is 19.4 Å². The number of hydrogen-bond acceptors (Lipinski definition) is 3. The molecule has 1 aliphatic heterocycles. The molecule has 0 unspecified atom stereocenters. The summed E-state index contributed by atoms with van der Waals surface area (Å²) in [5.74, 6) is -1.46. The van der Waals surface area contributed by atoms with Gasteiger partial charge in [0.15, 0.2) is 0 Å². The lowest BCUT2D eigenvalue weighted by Gasteiger charge is -2.19. The summed E-state index contributed by atoms with van der Waals surface area (Å²) in [4.78, 5) is 28.4. The minimum absolute atomic E-state index is 0.0984. The largest absolute Gasteiger partial charge is 0.369 e. The fourth-order valence-electron chi connectivity index (χ4n) is 2.05. The fourth-order valence-corrected chi connectivity index (χ4v) is 2.05. The zero-order valence-electron chi connectivity index (χ0n) is 8.96. The highest BCUT2D eigenvalue weighted by molar-refractivity contribution is 6.01. The number of amides is 2. The van der Waals surface area contributed by atoms with Gasteiger partial charge in [-0.3, -0.25) is 14.6 Å². The quantitative estimate of drug-likeness (QED) is 0.716. The van der Waals surface area contributed by atoms with E-state index >= 15 is 0 Å². The van der Waals surface area contributed by atoms with Crippen LogP contribution in [0.4, 0.5) is 0 Å². The van der Waals surface area contributed by atoms with Crippen molar-refractivity contribution in [1.82, 2.24) is 9.88 Å². The van der Waals surface area contributed by atoms with Crippen LogP contribution in [0.1, 0.15) is 18.0 Å². The highest BCUT2D eigenvalue weighted by atomic mass is 16.2. The topological polar surface area (TPSA) is 76.3 Å². The van der Waals surface area contributed by atoms with E-state index in [1.54, 1.807) is 24.3 Å². The van der Waals surface area contributed by atoms with Gasteiger partial charge in [-0.1, -0.05) is 6.07 Å². The minimum atomic E-state index is -0.699. The third kappa shape index (κ3) is 1.64. The number of pyridine rings is 1. The van der Waals surface area contributed by atoms with Crippen molar-refractivity contribution in [3.63, 3.8) is 0 Å². The molecule has 2 amide bonds. The molecule has 2 heterocycles. The van der Waals surface area contributed by atoms with E-state index in [1.165, 1.54) is 0 Å². The molecule has 2 N–H and O–H groups in total. The lowest BCUT2D eigenvalue weighted by atomic mass is 10.0. The number of carbonyl (C=O) groups excluding carboxylic acids is 2. The van der Waals surface area contributed by atoms with Crippen molar-refractivity contribution in [2.45, 2.75) is 12.5 Å². The van der Waals surface area contributed by atoms with Crippen LogP contribution >= 0.6 is 0 Å². The van der Waals surface area contributed by atoms with Gasteiger partial charge in [0.1, 0.15) is 5.92 Å². The number of rotatable bonds is 2. The van der Waals surface area contributed by atoms with E-state index in [9.17, 15) is 9.59 Å². The Hall–Kier alpha value is -1.91. The summed E-state index contributed by atoms with van der Waals surface area (Å²) in [5.41, 5.74) is 6.12. The van der Waals surface area contributed by atoms with E-state index in [4.69, 9.17) is 5.73 Å². The summed E-state index contributed by atoms with van der Waals surface area (Å²) in [6.07, 6.45) is 3.82. The Morgan fingerprint density at radius 3 is 2.88 bits per heavy atom. The SMILES string of the molecule is CN1C(=O)[C@@H](C(N)=O)C[C@@H]1c1cccnc1. The first-order chi connectivity index (χ1) is 7.61. The van der Waals surface area contributed by atoms with E-state index in [1.807, 2.05) is 12.1 Å². The summed E-state index contributed by atoms with van der Waals surface area (Å²) in [5, 5.41) is 0. The molecule has 0 radical (unpaired) electrons. The van der Waals surface area contributed by atoms with Gasteiger partial charge in [0.05, 0.1) is 6.04 Å². The molecular formula is C11H13N3O2. The number of carbonyl (C=O) groups is 2. The Kier molecular flexibility index (Phi) is 2.60. The van der Waals surface area contributed by atoms with Crippen LogP contribution in [0.25, 0.3) is 0 Å². The summed E-state index contributed by atoms with van der Waals surface area (Å²) in [6, 6.07) is 3.61. The van der Waals surface area contributed by atoms with Crippen LogP contribution in [-0.4, -0.2) is 28.7 Å². The molecule has 16 heavy (non-hydrogen) atoms. The maximum Gasteiger partial charge on any atom is 0.235 e. The van der Waals surface area contributed by atoms with Gasteiger partial charge in [-0.25, -0.2) is 0 Å². The van der Waals surface area contributed by atoms with Gasteiger partial charge in [0.2, 0.25) is 11.8 Å². The molecule has 2 atom stereocenters. The fraction of sp³-hybridized carbons (Fsp3) is 0.364. The van der Waals surface area contributed by atoms with Gasteiger partial charge in [-0.05, 0) is 18.1 Å². The van der Waals surface area contributed by atoms with Crippen molar-refractivity contribution < 1.29 is 9.59 Å².